The highest BCUT2D eigenvalue weighted by Crippen LogP contribution is 2.29. The minimum absolute atomic E-state index is 0.200. The van der Waals surface area contributed by atoms with Gasteiger partial charge in [-0.25, -0.2) is 9.78 Å². The molecule has 1 aromatic heterocycles. The molecule has 0 aliphatic rings. The number of nitrogens with zero attached hydrogens (tertiary/aromatic N) is 1. The summed E-state index contributed by atoms with van der Waals surface area (Å²) >= 11 is 7.55. The van der Waals surface area contributed by atoms with Gasteiger partial charge >= 0.3 is 6.03 Å². The van der Waals surface area contributed by atoms with Gasteiger partial charge in [-0.15, -0.1) is 0 Å². The maximum atomic E-state index is 12.8. The first kappa shape index (κ1) is 23.8. The highest BCUT2D eigenvalue weighted by atomic mass is 35.5. The molecule has 0 saturated heterocycles. The molecule has 8 heteroatoms. The smallest absolute Gasteiger partial charge is 0.321 e. The standard InChI is InChI=1S/C28H23ClN4O2S/c1-16-7-5-12-22(29)25(16)32-26(34)19-13-14-23-24(15-19)36-28(31-23)33-27(35)30-17(2)20-11-6-9-18-8-3-4-10-21(18)20/h3-15,17H,1-2H3,(H,32,34)(H2,30,31,33,35)/t17-/m0/s1. The summed E-state index contributed by atoms with van der Waals surface area (Å²) in [5, 5.41) is 11.9. The Balaban J connectivity index is 1.29. The number of rotatable bonds is 5. The van der Waals surface area contributed by atoms with Crippen LogP contribution < -0.4 is 16.0 Å². The van der Waals surface area contributed by atoms with Crippen molar-refractivity contribution in [3.05, 3.63) is 101 Å². The number of anilines is 2. The van der Waals surface area contributed by atoms with E-state index < -0.39 is 0 Å². The first-order valence-electron chi connectivity index (χ1n) is 11.4. The topological polar surface area (TPSA) is 83.1 Å². The van der Waals surface area contributed by atoms with E-state index >= 15 is 0 Å². The molecule has 1 heterocycles. The van der Waals surface area contributed by atoms with E-state index in [0.717, 1.165) is 26.6 Å². The zero-order valence-corrected chi connectivity index (χ0v) is 21.2. The van der Waals surface area contributed by atoms with Gasteiger partial charge in [0.15, 0.2) is 5.13 Å². The zero-order chi connectivity index (χ0) is 25.2. The van der Waals surface area contributed by atoms with Crippen LogP contribution in [0.1, 0.15) is 34.5 Å². The number of amides is 3. The van der Waals surface area contributed by atoms with Crippen LogP contribution in [0.4, 0.5) is 15.6 Å². The summed E-state index contributed by atoms with van der Waals surface area (Å²) < 4.78 is 0.788. The van der Waals surface area contributed by atoms with Crippen LogP contribution in [-0.2, 0) is 0 Å². The van der Waals surface area contributed by atoms with E-state index in [2.05, 4.69) is 39.1 Å². The first-order valence-corrected chi connectivity index (χ1v) is 12.6. The van der Waals surface area contributed by atoms with E-state index in [1.807, 2.05) is 50.2 Å². The van der Waals surface area contributed by atoms with Crippen LogP contribution in [0.25, 0.3) is 21.0 Å². The number of fused-ring (bicyclic) bond motifs is 2. The number of aryl methyl sites for hydroxylation is 1. The lowest BCUT2D eigenvalue weighted by Crippen LogP contribution is -2.31. The fourth-order valence-electron chi connectivity index (χ4n) is 4.13. The fourth-order valence-corrected chi connectivity index (χ4v) is 5.30. The highest BCUT2D eigenvalue weighted by molar-refractivity contribution is 7.22. The second kappa shape index (κ2) is 9.97. The van der Waals surface area contributed by atoms with Gasteiger partial charge in [-0.05, 0) is 60.0 Å². The predicted octanol–water partition coefficient (Wildman–Crippen LogP) is 7.55. The predicted molar refractivity (Wildman–Crippen MR) is 148 cm³/mol. The Morgan fingerprint density at radius 1 is 0.944 bits per heavy atom. The average Bonchev–Trinajstić information content (AvgIpc) is 3.27. The van der Waals surface area contributed by atoms with Crippen LogP contribution in [0, 0.1) is 6.92 Å². The molecule has 3 N–H and O–H groups in total. The largest absolute Gasteiger partial charge is 0.331 e. The minimum Gasteiger partial charge on any atom is -0.331 e. The number of carbonyl (C=O) groups excluding carboxylic acids is 2. The number of halogens is 1. The number of hydrogen-bond acceptors (Lipinski definition) is 4. The van der Waals surface area contributed by atoms with Crippen molar-refractivity contribution in [2.24, 2.45) is 0 Å². The van der Waals surface area contributed by atoms with E-state index in [0.29, 0.717) is 26.9 Å². The van der Waals surface area contributed by atoms with Gasteiger partial charge in [0.05, 0.1) is 27.0 Å². The molecule has 1 atom stereocenters. The molecule has 180 valence electrons. The molecule has 0 unspecified atom stereocenters. The van der Waals surface area contributed by atoms with Crippen LogP contribution in [0.2, 0.25) is 5.02 Å². The van der Waals surface area contributed by atoms with Gasteiger partial charge in [0.2, 0.25) is 0 Å². The van der Waals surface area contributed by atoms with E-state index in [4.69, 9.17) is 11.6 Å². The van der Waals surface area contributed by atoms with Gasteiger partial charge in [0, 0.05) is 5.56 Å². The molecule has 5 rings (SSSR count). The fraction of sp³-hybridized carbons (Fsp3) is 0.107. The van der Waals surface area contributed by atoms with Crippen molar-refractivity contribution >= 4 is 66.7 Å². The molecule has 0 aliphatic carbocycles. The molecule has 6 nitrogen and oxygen atoms in total. The number of nitrogens with one attached hydrogen (secondary N) is 3. The lowest BCUT2D eigenvalue weighted by atomic mass is 10.00. The third-order valence-electron chi connectivity index (χ3n) is 5.97. The van der Waals surface area contributed by atoms with Gasteiger partial charge in [-0.1, -0.05) is 77.5 Å². The third kappa shape index (κ3) is 4.89. The van der Waals surface area contributed by atoms with E-state index in [9.17, 15) is 9.59 Å². The Labute approximate surface area is 217 Å². The minimum atomic E-state index is -0.346. The monoisotopic (exact) mass is 514 g/mol. The van der Waals surface area contributed by atoms with E-state index in [-0.39, 0.29) is 18.0 Å². The Morgan fingerprint density at radius 2 is 1.72 bits per heavy atom. The average molecular weight is 515 g/mol. The molecule has 0 saturated carbocycles. The number of carbonyl (C=O) groups is 2. The maximum Gasteiger partial charge on any atom is 0.321 e. The van der Waals surface area contributed by atoms with Gasteiger partial charge in [0.25, 0.3) is 5.91 Å². The second-order valence-corrected chi connectivity index (χ2v) is 9.91. The molecule has 4 aromatic carbocycles. The first-order chi connectivity index (χ1) is 17.4. The summed E-state index contributed by atoms with van der Waals surface area (Å²) in [6, 6.07) is 24.3. The van der Waals surface area contributed by atoms with Crippen LogP contribution in [0.5, 0.6) is 0 Å². The van der Waals surface area contributed by atoms with E-state index in [1.54, 1.807) is 24.3 Å². The van der Waals surface area contributed by atoms with Crippen molar-refractivity contribution in [3.63, 3.8) is 0 Å². The third-order valence-corrected chi connectivity index (χ3v) is 7.22. The normalized spacial score (nSPS) is 11.9. The Hall–Kier alpha value is -3.94. The molecule has 0 aliphatic heterocycles. The van der Waals surface area contributed by atoms with Crippen molar-refractivity contribution in [2.45, 2.75) is 19.9 Å². The zero-order valence-electron chi connectivity index (χ0n) is 19.6. The van der Waals surface area contributed by atoms with Crippen molar-refractivity contribution in [1.82, 2.24) is 10.3 Å². The van der Waals surface area contributed by atoms with Crippen LogP contribution in [0.15, 0.2) is 78.9 Å². The van der Waals surface area contributed by atoms with Crippen molar-refractivity contribution in [1.29, 1.82) is 0 Å². The molecule has 5 aromatic rings. The number of thiazole rings is 1. The maximum absolute atomic E-state index is 12.8. The van der Waals surface area contributed by atoms with Crippen molar-refractivity contribution in [3.8, 4) is 0 Å². The number of urea groups is 1. The van der Waals surface area contributed by atoms with E-state index in [1.165, 1.54) is 11.3 Å². The lowest BCUT2D eigenvalue weighted by Gasteiger charge is -2.16. The summed E-state index contributed by atoms with van der Waals surface area (Å²) in [5.74, 6) is -0.266. The SMILES string of the molecule is Cc1cccc(Cl)c1NC(=O)c1ccc2nc(NC(=O)N[C@@H](C)c3cccc4ccccc34)sc2c1. The van der Waals surface area contributed by atoms with Crippen LogP contribution in [0.3, 0.4) is 0 Å². The number of hydrogen-bond donors (Lipinski definition) is 3. The molecular weight excluding hydrogens is 492 g/mol. The summed E-state index contributed by atoms with van der Waals surface area (Å²) in [6.45, 7) is 3.84. The highest BCUT2D eigenvalue weighted by Gasteiger charge is 2.16. The van der Waals surface area contributed by atoms with Gasteiger partial charge < -0.3 is 10.6 Å². The molecular formula is C28H23ClN4O2S. The van der Waals surface area contributed by atoms with Gasteiger partial charge in [0.1, 0.15) is 0 Å². The van der Waals surface area contributed by atoms with Crippen molar-refractivity contribution < 1.29 is 9.59 Å². The number of benzene rings is 4. The summed E-state index contributed by atoms with van der Waals surface area (Å²) in [4.78, 5) is 30.0. The molecule has 0 spiro atoms. The Bertz CT molecular complexity index is 1590. The van der Waals surface area contributed by atoms with Crippen molar-refractivity contribution in [2.75, 3.05) is 10.6 Å². The molecule has 0 fully saturated rings. The number of aromatic nitrogens is 1. The van der Waals surface area contributed by atoms with Gasteiger partial charge in [-0.3, -0.25) is 10.1 Å². The quantitative estimate of drug-likeness (QED) is 0.226. The Morgan fingerprint density at radius 3 is 2.56 bits per heavy atom. The summed E-state index contributed by atoms with van der Waals surface area (Å²) in [7, 11) is 0. The summed E-state index contributed by atoms with van der Waals surface area (Å²) in [5.41, 5.74) is 3.68. The molecule has 3 amide bonds. The molecule has 36 heavy (non-hydrogen) atoms. The molecule has 0 radical (unpaired) electrons. The lowest BCUT2D eigenvalue weighted by molar-refractivity contribution is 0.102. The van der Waals surface area contributed by atoms with Gasteiger partial charge in [-0.2, -0.15) is 0 Å². The second-order valence-electron chi connectivity index (χ2n) is 8.48. The molecule has 0 bridgehead atoms. The Kier molecular flexibility index (Phi) is 6.59. The van der Waals surface area contributed by atoms with Crippen LogP contribution in [-0.4, -0.2) is 16.9 Å². The number of para-hydroxylation sites is 1. The summed E-state index contributed by atoms with van der Waals surface area (Å²) in [6.07, 6.45) is 0. The van der Waals surface area contributed by atoms with Crippen LogP contribution >= 0.6 is 22.9 Å².